The van der Waals surface area contributed by atoms with Gasteiger partial charge in [-0.3, -0.25) is 9.59 Å². The summed E-state index contributed by atoms with van der Waals surface area (Å²) < 4.78 is 19.6. The van der Waals surface area contributed by atoms with E-state index < -0.39 is 5.82 Å². The van der Waals surface area contributed by atoms with E-state index in [0.717, 1.165) is 38.5 Å². The van der Waals surface area contributed by atoms with Crippen LogP contribution in [0.2, 0.25) is 0 Å². The predicted molar refractivity (Wildman–Crippen MR) is 95.7 cm³/mol. The molecule has 0 unspecified atom stereocenters. The smallest absolute Gasteiger partial charge is 0.305 e. The zero-order chi connectivity index (χ0) is 18.0. The molecule has 0 aromatic heterocycles. The SMILES string of the molecule is COC(=O)CC1CCC(N(C(=O)c2ccc(Br)cc2F)C2CC2)CC1. The van der Waals surface area contributed by atoms with Crippen molar-refractivity contribution in [1.82, 2.24) is 4.90 Å². The first-order valence-electron chi connectivity index (χ1n) is 8.84. The van der Waals surface area contributed by atoms with Crippen LogP contribution in [0.15, 0.2) is 22.7 Å². The van der Waals surface area contributed by atoms with E-state index in [1.54, 1.807) is 12.1 Å². The molecular weight excluding hydrogens is 389 g/mol. The van der Waals surface area contributed by atoms with Gasteiger partial charge in [-0.1, -0.05) is 15.9 Å². The van der Waals surface area contributed by atoms with Gasteiger partial charge in [0.1, 0.15) is 5.82 Å². The lowest BCUT2D eigenvalue weighted by molar-refractivity contribution is -0.142. The molecule has 136 valence electrons. The maximum atomic E-state index is 14.2. The largest absolute Gasteiger partial charge is 0.469 e. The Labute approximate surface area is 155 Å². The Balaban J connectivity index is 1.68. The van der Waals surface area contributed by atoms with E-state index in [4.69, 9.17) is 4.74 Å². The molecule has 6 heteroatoms. The van der Waals surface area contributed by atoms with Crippen molar-refractivity contribution in [3.63, 3.8) is 0 Å². The van der Waals surface area contributed by atoms with Gasteiger partial charge in [0.05, 0.1) is 12.7 Å². The van der Waals surface area contributed by atoms with Gasteiger partial charge in [-0.15, -0.1) is 0 Å². The van der Waals surface area contributed by atoms with Crippen LogP contribution in [-0.4, -0.2) is 36.0 Å². The van der Waals surface area contributed by atoms with Crippen molar-refractivity contribution < 1.29 is 18.7 Å². The normalized spacial score (nSPS) is 23.2. The number of rotatable bonds is 5. The van der Waals surface area contributed by atoms with Crippen LogP contribution in [0.25, 0.3) is 0 Å². The standard InChI is InChI=1S/C19H23BrFNO3/c1-25-18(23)10-12-2-5-14(6-3-12)22(15-7-8-15)19(24)16-9-4-13(20)11-17(16)21/h4,9,11-12,14-15H,2-3,5-8,10H2,1H3. The number of benzene rings is 1. The minimum Gasteiger partial charge on any atom is -0.469 e. The summed E-state index contributed by atoms with van der Waals surface area (Å²) in [5.74, 6) is -0.534. The summed E-state index contributed by atoms with van der Waals surface area (Å²) in [6.07, 6.45) is 5.96. The topological polar surface area (TPSA) is 46.6 Å². The third kappa shape index (κ3) is 4.40. The predicted octanol–water partition coefficient (Wildman–Crippen LogP) is 4.31. The average Bonchev–Trinajstić information content (AvgIpc) is 3.41. The molecule has 2 aliphatic carbocycles. The second-order valence-corrected chi connectivity index (χ2v) is 7.94. The van der Waals surface area contributed by atoms with Crippen LogP contribution in [0, 0.1) is 11.7 Å². The molecule has 4 nitrogen and oxygen atoms in total. The molecule has 0 radical (unpaired) electrons. The lowest BCUT2D eigenvalue weighted by atomic mass is 9.83. The Hall–Kier alpha value is -1.43. The number of hydrogen-bond acceptors (Lipinski definition) is 3. The molecule has 0 atom stereocenters. The number of halogens is 2. The minimum absolute atomic E-state index is 0.136. The van der Waals surface area contributed by atoms with Crippen LogP contribution in [0.3, 0.4) is 0 Å². The molecule has 3 rings (SSSR count). The number of esters is 1. The molecule has 0 spiro atoms. The summed E-state index contributed by atoms with van der Waals surface area (Å²) in [4.78, 5) is 26.3. The molecule has 1 aromatic carbocycles. The Morgan fingerprint density at radius 3 is 2.28 bits per heavy atom. The fourth-order valence-electron chi connectivity index (χ4n) is 3.73. The average molecular weight is 412 g/mol. The molecule has 0 bridgehead atoms. The van der Waals surface area contributed by atoms with Gasteiger partial charge in [-0.05, 0) is 62.6 Å². The second kappa shape index (κ2) is 7.85. The van der Waals surface area contributed by atoms with Crippen LogP contribution in [0.5, 0.6) is 0 Å². The highest BCUT2D eigenvalue weighted by Crippen LogP contribution is 2.37. The maximum Gasteiger partial charge on any atom is 0.305 e. The number of nitrogens with zero attached hydrogens (tertiary/aromatic N) is 1. The van der Waals surface area contributed by atoms with Crippen LogP contribution in [0.1, 0.15) is 55.3 Å². The molecule has 1 amide bonds. The Morgan fingerprint density at radius 2 is 1.76 bits per heavy atom. The Morgan fingerprint density at radius 1 is 1.16 bits per heavy atom. The number of ether oxygens (including phenoxy) is 1. The molecule has 2 aliphatic rings. The van der Waals surface area contributed by atoms with Crippen molar-refractivity contribution in [3.8, 4) is 0 Å². The summed E-state index contributed by atoms with van der Waals surface area (Å²) >= 11 is 3.23. The molecule has 0 heterocycles. The van der Waals surface area contributed by atoms with Gasteiger partial charge in [0.15, 0.2) is 0 Å². The van der Waals surface area contributed by atoms with E-state index in [0.29, 0.717) is 16.8 Å². The third-order valence-corrected chi connectivity index (χ3v) is 5.72. The molecule has 1 aromatic rings. The van der Waals surface area contributed by atoms with E-state index >= 15 is 0 Å². The van der Waals surface area contributed by atoms with Gasteiger partial charge in [-0.25, -0.2) is 4.39 Å². The third-order valence-electron chi connectivity index (χ3n) is 5.23. The highest BCUT2D eigenvalue weighted by molar-refractivity contribution is 9.10. The monoisotopic (exact) mass is 411 g/mol. The lowest BCUT2D eigenvalue weighted by Gasteiger charge is -2.37. The van der Waals surface area contributed by atoms with E-state index in [-0.39, 0.29) is 29.5 Å². The van der Waals surface area contributed by atoms with Crippen molar-refractivity contribution in [3.05, 3.63) is 34.1 Å². The number of amides is 1. The van der Waals surface area contributed by atoms with Crippen LogP contribution in [0.4, 0.5) is 4.39 Å². The van der Waals surface area contributed by atoms with Crippen molar-refractivity contribution in [2.45, 2.75) is 57.0 Å². The van der Waals surface area contributed by atoms with E-state index in [1.165, 1.54) is 13.2 Å². The summed E-state index contributed by atoms with van der Waals surface area (Å²) in [5, 5.41) is 0. The van der Waals surface area contributed by atoms with Gasteiger partial charge < -0.3 is 9.64 Å². The fourth-order valence-corrected chi connectivity index (χ4v) is 4.06. The number of carbonyl (C=O) groups is 2. The fraction of sp³-hybridized carbons (Fsp3) is 0.579. The molecule has 0 aliphatic heterocycles. The highest BCUT2D eigenvalue weighted by Gasteiger charge is 2.40. The summed E-state index contributed by atoms with van der Waals surface area (Å²) in [5.41, 5.74) is 0.145. The Kier molecular flexibility index (Phi) is 5.77. The minimum atomic E-state index is -0.482. The molecule has 25 heavy (non-hydrogen) atoms. The van der Waals surface area contributed by atoms with Gasteiger partial charge in [0.2, 0.25) is 0 Å². The van der Waals surface area contributed by atoms with Gasteiger partial charge >= 0.3 is 5.97 Å². The first kappa shape index (κ1) is 18.4. The maximum absolute atomic E-state index is 14.2. The Bertz CT molecular complexity index is 654. The van der Waals surface area contributed by atoms with E-state index in [1.807, 2.05) is 4.90 Å². The van der Waals surface area contributed by atoms with Crippen molar-refractivity contribution in [2.75, 3.05) is 7.11 Å². The molecule has 2 saturated carbocycles. The molecule has 0 N–H and O–H groups in total. The lowest BCUT2D eigenvalue weighted by Crippen LogP contribution is -2.44. The van der Waals surface area contributed by atoms with Crippen molar-refractivity contribution in [1.29, 1.82) is 0 Å². The van der Waals surface area contributed by atoms with E-state index in [9.17, 15) is 14.0 Å². The van der Waals surface area contributed by atoms with Gasteiger partial charge in [-0.2, -0.15) is 0 Å². The van der Waals surface area contributed by atoms with Crippen LogP contribution < -0.4 is 0 Å². The molecule has 0 saturated heterocycles. The number of hydrogen-bond donors (Lipinski definition) is 0. The van der Waals surface area contributed by atoms with Crippen LogP contribution in [-0.2, 0) is 9.53 Å². The summed E-state index contributed by atoms with van der Waals surface area (Å²) in [7, 11) is 1.41. The van der Waals surface area contributed by atoms with Crippen molar-refractivity contribution >= 4 is 27.8 Å². The zero-order valence-corrected chi connectivity index (χ0v) is 15.9. The first-order chi connectivity index (χ1) is 12.0. The molecular formula is C19H23BrFNO3. The highest BCUT2D eigenvalue weighted by atomic mass is 79.9. The van der Waals surface area contributed by atoms with Gasteiger partial charge in [0.25, 0.3) is 5.91 Å². The van der Waals surface area contributed by atoms with Gasteiger partial charge in [0, 0.05) is 23.0 Å². The number of methoxy groups -OCH3 is 1. The quantitative estimate of drug-likeness (QED) is 0.677. The molecule has 2 fully saturated rings. The second-order valence-electron chi connectivity index (χ2n) is 7.02. The first-order valence-corrected chi connectivity index (χ1v) is 9.63. The summed E-state index contributed by atoms with van der Waals surface area (Å²) in [6.45, 7) is 0. The summed E-state index contributed by atoms with van der Waals surface area (Å²) in [6, 6.07) is 4.97. The van der Waals surface area contributed by atoms with E-state index in [2.05, 4.69) is 15.9 Å². The zero-order valence-electron chi connectivity index (χ0n) is 14.3. The number of carbonyl (C=O) groups excluding carboxylic acids is 2. The van der Waals surface area contributed by atoms with Crippen LogP contribution >= 0.6 is 15.9 Å². The van der Waals surface area contributed by atoms with Crippen molar-refractivity contribution in [2.24, 2.45) is 5.92 Å².